The highest BCUT2D eigenvalue weighted by Crippen LogP contribution is 2.29. The third-order valence-corrected chi connectivity index (χ3v) is 4.67. The molecule has 0 saturated carbocycles. The molecule has 0 bridgehead atoms. The van der Waals surface area contributed by atoms with Gasteiger partial charge in [-0.05, 0) is 44.0 Å². The smallest absolute Gasteiger partial charge is 0.127 e. The van der Waals surface area contributed by atoms with Crippen molar-refractivity contribution in [2.24, 2.45) is 5.73 Å². The monoisotopic (exact) mass is 283 g/mol. The number of benzene rings is 1. The molecule has 0 amide bonds. The normalized spacial score (nSPS) is 12.7. The maximum atomic E-state index is 13.7. The molecule has 0 aliphatic rings. The Kier molecular flexibility index (Phi) is 4.05. The van der Waals surface area contributed by atoms with Crippen LogP contribution in [0.1, 0.15) is 26.9 Å². The van der Waals surface area contributed by atoms with Crippen molar-refractivity contribution in [1.29, 1.82) is 0 Å². The lowest BCUT2D eigenvalue weighted by atomic mass is 10.0. The van der Waals surface area contributed by atoms with E-state index in [1.165, 1.54) is 16.5 Å². The van der Waals surface area contributed by atoms with Crippen molar-refractivity contribution in [3.8, 4) is 0 Å². The lowest BCUT2D eigenvalue weighted by molar-refractivity contribution is 0.595. The molecule has 4 heteroatoms. The number of rotatable bonds is 3. The summed E-state index contributed by atoms with van der Waals surface area (Å²) in [5.41, 5.74) is 7.85. The zero-order valence-corrected chi connectivity index (χ0v) is 11.9. The fourth-order valence-electron chi connectivity index (χ4n) is 1.83. The van der Waals surface area contributed by atoms with Crippen LogP contribution in [-0.4, -0.2) is 0 Å². The van der Waals surface area contributed by atoms with Gasteiger partial charge >= 0.3 is 0 Å². The van der Waals surface area contributed by atoms with Gasteiger partial charge < -0.3 is 5.73 Å². The summed E-state index contributed by atoms with van der Waals surface area (Å²) < 4.78 is 13.7. The molecule has 0 fully saturated rings. The van der Waals surface area contributed by atoms with Gasteiger partial charge in [-0.1, -0.05) is 17.7 Å². The largest absolute Gasteiger partial charge is 0.323 e. The van der Waals surface area contributed by atoms with Crippen molar-refractivity contribution in [2.75, 3.05) is 0 Å². The van der Waals surface area contributed by atoms with Crippen LogP contribution >= 0.6 is 22.9 Å². The molecule has 0 spiro atoms. The Morgan fingerprint density at radius 1 is 1.39 bits per heavy atom. The van der Waals surface area contributed by atoms with Crippen LogP contribution in [0.25, 0.3) is 0 Å². The Bertz CT molecular complexity index is 525. The van der Waals surface area contributed by atoms with Crippen LogP contribution in [0.4, 0.5) is 4.39 Å². The van der Waals surface area contributed by atoms with Gasteiger partial charge in [0.1, 0.15) is 5.82 Å². The molecule has 1 atom stereocenters. The van der Waals surface area contributed by atoms with Crippen LogP contribution < -0.4 is 5.73 Å². The van der Waals surface area contributed by atoms with Crippen molar-refractivity contribution in [3.05, 3.63) is 56.0 Å². The van der Waals surface area contributed by atoms with Crippen molar-refractivity contribution < 1.29 is 4.39 Å². The molecule has 18 heavy (non-hydrogen) atoms. The van der Waals surface area contributed by atoms with Crippen molar-refractivity contribution >= 4 is 22.9 Å². The summed E-state index contributed by atoms with van der Waals surface area (Å²) in [5, 5.41) is 0.440. The molecule has 2 N–H and O–H groups in total. The fraction of sp³-hybridized carbons (Fsp3) is 0.286. The first-order chi connectivity index (χ1) is 8.49. The molecule has 96 valence electrons. The molecule has 0 radical (unpaired) electrons. The summed E-state index contributed by atoms with van der Waals surface area (Å²) in [5.74, 6) is -0.289. The highest BCUT2D eigenvalue weighted by atomic mass is 35.5. The average molecular weight is 284 g/mol. The second-order valence-electron chi connectivity index (χ2n) is 4.40. The molecule has 0 aliphatic heterocycles. The Balaban J connectivity index is 2.23. The first-order valence-corrected chi connectivity index (χ1v) is 6.94. The van der Waals surface area contributed by atoms with Gasteiger partial charge in [0.2, 0.25) is 0 Å². The molecule has 1 heterocycles. The van der Waals surface area contributed by atoms with Gasteiger partial charge in [-0.2, -0.15) is 0 Å². The minimum absolute atomic E-state index is 0.211. The molecular weight excluding hydrogens is 269 g/mol. The zero-order valence-electron chi connectivity index (χ0n) is 10.3. The summed E-state index contributed by atoms with van der Waals surface area (Å²) in [7, 11) is 0. The van der Waals surface area contributed by atoms with Gasteiger partial charge in [0, 0.05) is 26.4 Å². The minimum atomic E-state index is -0.289. The van der Waals surface area contributed by atoms with Gasteiger partial charge in [0.25, 0.3) is 0 Å². The van der Waals surface area contributed by atoms with E-state index < -0.39 is 0 Å². The highest BCUT2D eigenvalue weighted by Gasteiger charge is 2.15. The molecule has 1 aromatic carbocycles. The van der Waals surface area contributed by atoms with E-state index in [9.17, 15) is 4.39 Å². The van der Waals surface area contributed by atoms with E-state index in [-0.39, 0.29) is 11.9 Å². The first-order valence-electron chi connectivity index (χ1n) is 5.74. The number of halogens is 2. The number of hydrogen-bond acceptors (Lipinski definition) is 2. The maximum absolute atomic E-state index is 13.7. The number of thiophene rings is 1. The summed E-state index contributed by atoms with van der Waals surface area (Å²) in [6.45, 7) is 4.12. The van der Waals surface area contributed by atoms with Crippen LogP contribution in [0.15, 0.2) is 24.3 Å². The maximum Gasteiger partial charge on any atom is 0.127 e. The lowest BCUT2D eigenvalue weighted by Crippen LogP contribution is -2.13. The third-order valence-electron chi connectivity index (χ3n) is 3.04. The Hall–Kier alpha value is -0.900. The zero-order chi connectivity index (χ0) is 13.3. The average Bonchev–Trinajstić information content (AvgIpc) is 2.64. The fourth-order valence-corrected chi connectivity index (χ4v) is 3.12. The van der Waals surface area contributed by atoms with Crippen LogP contribution in [0.3, 0.4) is 0 Å². The minimum Gasteiger partial charge on any atom is -0.323 e. The molecule has 0 saturated heterocycles. The van der Waals surface area contributed by atoms with E-state index in [2.05, 4.69) is 19.9 Å². The number of aryl methyl sites for hydroxylation is 2. The van der Waals surface area contributed by atoms with E-state index in [1.807, 2.05) is 0 Å². The SMILES string of the molecule is Cc1cc(C(N)Cc2c(F)cccc2Cl)sc1C. The van der Waals surface area contributed by atoms with E-state index in [4.69, 9.17) is 17.3 Å². The van der Waals surface area contributed by atoms with Crippen molar-refractivity contribution in [1.82, 2.24) is 0 Å². The van der Waals surface area contributed by atoms with E-state index >= 15 is 0 Å². The quantitative estimate of drug-likeness (QED) is 0.888. The van der Waals surface area contributed by atoms with Gasteiger partial charge in [-0.25, -0.2) is 4.39 Å². The topological polar surface area (TPSA) is 26.0 Å². The van der Waals surface area contributed by atoms with Crippen LogP contribution in [-0.2, 0) is 6.42 Å². The number of nitrogens with two attached hydrogens (primary N) is 1. The molecule has 2 aromatic rings. The Morgan fingerprint density at radius 3 is 2.67 bits per heavy atom. The van der Waals surface area contributed by atoms with Crippen LogP contribution in [0.2, 0.25) is 5.02 Å². The molecule has 1 aromatic heterocycles. The second kappa shape index (κ2) is 5.39. The number of hydrogen-bond donors (Lipinski definition) is 1. The summed E-state index contributed by atoms with van der Waals surface area (Å²) in [6.07, 6.45) is 0.422. The molecule has 0 aliphatic carbocycles. The third kappa shape index (κ3) is 2.74. The standard InChI is InChI=1S/C14H15ClFNS/c1-8-6-14(18-9(8)2)13(17)7-10-11(15)4-3-5-12(10)16/h3-6,13H,7,17H2,1-2H3. The van der Waals surface area contributed by atoms with Gasteiger partial charge in [0.05, 0.1) is 0 Å². The van der Waals surface area contributed by atoms with Crippen molar-refractivity contribution in [3.63, 3.8) is 0 Å². The molecule has 2 rings (SSSR count). The van der Waals surface area contributed by atoms with Crippen LogP contribution in [0.5, 0.6) is 0 Å². The molecule has 1 unspecified atom stereocenters. The summed E-state index contributed by atoms with van der Waals surface area (Å²) >= 11 is 7.67. The van der Waals surface area contributed by atoms with Crippen molar-refractivity contribution in [2.45, 2.75) is 26.3 Å². The first kappa shape index (κ1) is 13.5. The van der Waals surface area contributed by atoms with E-state index in [0.29, 0.717) is 17.0 Å². The van der Waals surface area contributed by atoms with E-state index in [0.717, 1.165) is 4.88 Å². The second-order valence-corrected chi connectivity index (χ2v) is 6.09. The Labute approximate surface area is 115 Å². The van der Waals surface area contributed by atoms with Gasteiger partial charge in [-0.15, -0.1) is 11.3 Å². The van der Waals surface area contributed by atoms with E-state index in [1.54, 1.807) is 23.5 Å². The van der Waals surface area contributed by atoms with Gasteiger partial charge in [-0.3, -0.25) is 0 Å². The van der Waals surface area contributed by atoms with Gasteiger partial charge in [0.15, 0.2) is 0 Å². The summed E-state index contributed by atoms with van der Waals surface area (Å²) in [4.78, 5) is 2.32. The Morgan fingerprint density at radius 2 is 2.11 bits per heavy atom. The molecular formula is C14H15ClFNS. The predicted octanol–water partition coefficient (Wildman–Crippen LogP) is 4.40. The van der Waals surface area contributed by atoms with Crippen LogP contribution in [0, 0.1) is 19.7 Å². The highest BCUT2D eigenvalue weighted by molar-refractivity contribution is 7.12. The predicted molar refractivity (Wildman–Crippen MR) is 75.8 cm³/mol. The molecule has 1 nitrogen and oxygen atoms in total. The lowest BCUT2D eigenvalue weighted by Gasteiger charge is -2.11. The summed E-state index contributed by atoms with van der Waals surface area (Å²) in [6, 6.07) is 6.57.